The summed E-state index contributed by atoms with van der Waals surface area (Å²) in [5.74, 6) is -0.471. The number of benzene rings is 2. The second-order valence-electron chi connectivity index (χ2n) is 10.8. The van der Waals surface area contributed by atoms with Gasteiger partial charge in [0.25, 0.3) is 0 Å². The predicted octanol–water partition coefficient (Wildman–Crippen LogP) is 9.56. The van der Waals surface area contributed by atoms with Crippen molar-refractivity contribution in [2.24, 2.45) is 11.8 Å². The van der Waals surface area contributed by atoms with E-state index in [1.54, 1.807) is 6.07 Å². The van der Waals surface area contributed by atoms with Gasteiger partial charge < -0.3 is 0 Å². The van der Waals surface area contributed by atoms with Crippen molar-refractivity contribution in [1.29, 1.82) is 0 Å². The third-order valence-electron chi connectivity index (χ3n) is 8.56. The lowest BCUT2D eigenvalue weighted by Crippen LogP contribution is -2.41. The van der Waals surface area contributed by atoms with Gasteiger partial charge in [0.1, 0.15) is 5.67 Å². The molecular weight excluding hydrogens is 445 g/mol. The van der Waals surface area contributed by atoms with Crippen LogP contribution in [0.4, 0.5) is 13.2 Å². The molecule has 0 amide bonds. The van der Waals surface area contributed by atoms with Crippen LogP contribution >= 0.6 is 0 Å². The van der Waals surface area contributed by atoms with Crippen LogP contribution in [0.15, 0.2) is 42.5 Å². The molecule has 0 aromatic heterocycles. The van der Waals surface area contributed by atoms with E-state index in [4.69, 9.17) is 0 Å². The minimum atomic E-state index is -0.894. The summed E-state index contributed by atoms with van der Waals surface area (Å²) < 4.78 is 42.6. The van der Waals surface area contributed by atoms with Crippen LogP contribution in [0.3, 0.4) is 0 Å². The van der Waals surface area contributed by atoms with Crippen molar-refractivity contribution in [3.63, 3.8) is 0 Å². The molecule has 2 aromatic carbocycles. The van der Waals surface area contributed by atoms with Crippen molar-refractivity contribution in [3.05, 3.63) is 59.7 Å². The van der Waals surface area contributed by atoms with Crippen molar-refractivity contribution < 1.29 is 13.2 Å². The zero-order valence-electron chi connectivity index (χ0n) is 20.7. The molecule has 2 aromatic rings. The lowest BCUT2D eigenvalue weighted by atomic mass is 9.71. The van der Waals surface area contributed by atoms with Crippen LogP contribution in [0.25, 0.3) is 11.1 Å². The number of unbranched alkanes of at least 4 members (excludes halogenated alkanes) is 2. The molecule has 0 atom stereocenters. The van der Waals surface area contributed by atoms with Gasteiger partial charge in [0.15, 0.2) is 11.6 Å². The van der Waals surface area contributed by atoms with Crippen LogP contribution in [0.2, 0.25) is 18.1 Å². The molecule has 0 N–H and O–H groups in total. The first-order valence-corrected chi connectivity index (χ1v) is 15.7. The molecule has 1 saturated carbocycles. The molecule has 0 spiro atoms. The minimum Gasteiger partial charge on any atom is -0.244 e. The second-order valence-corrected chi connectivity index (χ2v) is 13.8. The van der Waals surface area contributed by atoms with E-state index in [9.17, 15) is 8.78 Å². The highest BCUT2D eigenvalue weighted by Crippen LogP contribution is 2.47. The van der Waals surface area contributed by atoms with Gasteiger partial charge in [-0.15, -0.1) is 0 Å². The molecule has 1 radical (unpaired) electrons. The minimum absolute atomic E-state index is 0.308. The number of halogens is 3. The van der Waals surface area contributed by atoms with Crippen LogP contribution in [0.5, 0.6) is 0 Å². The topological polar surface area (TPSA) is 0 Å². The summed E-state index contributed by atoms with van der Waals surface area (Å²) in [5, 5.41) is 0. The molecule has 1 aliphatic heterocycles. The quantitative estimate of drug-likeness (QED) is 0.245. The number of aryl methyl sites for hydroxylation is 1. The highest BCUT2D eigenvalue weighted by molar-refractivity contribution is 6.59. The van der Waals surface area contributed by atoms with Gasteiger partial charge in [0.2, 0.25) is 0 Å². The summed E-state index contributed by atoms with van der Waals surface area (Å²) in [4.78, 5) is 0. The van der Waals surface area contributed by atoms with Crippen molar-refractivity contribution in [3.8, 4) is 11.1 Å². The van der Waals surface area contributed by atoms with Crippen LogP contribution in [-0.2, 0) is 6.42 Å². The molecule has 185 valence electrons. The highest BCUT2D eigenvalue weighted by Gasteiger charge is 2.43. The summed E-state index contributed by atoms with van der Waals surface area (Å²) in [6.45, 7) is 2.26. The van der Waals surface area contributed by atoms with E-state index in [1.165, 1.54) is 62.3 Å². The number of hydrogen-bond donors (Lipinski definition) is 0. The van der Waals surface area contributed by atoms with Gasteiger partial charge in [0.05, 0.1) is 0 Å². The van der Waals surface area contributed by atoms with E-state index in [1.807, 2.05) is 12.1 Å². The molecule has 1 aliphatic carbocycles. The first kappa shape index (κ1) is 25.5. The largest absolute Gasteiger partial charge is 0.244 e. The first-order chi connectivity index (χ1) is 16.5. The van der Waals surface area contributed by atoms with Crippen molar-refractivity contribution in [2.75, 3.05) is 0 Å². The molecule has 2 aliphatic rings. The fourth-order valence-electron chi connectivity index (χ4n) is 6.19. The molecular formula is C30H40F3Si. The van der Waals surface area contributed by atoms with E-state index in [2.05, 4.69) is 19.1 Å². The number of hydrogen-bond acceptors (Lipinski definition) is 0. The summed E-state index contributed by atoms with van der Waals surface area (Å²) in [6.07, 6.45) is 12.7. The van der Waals surface area contributed by atoms with Gasteiger partial charge in [-0.05, 0) is 72.8 Å². The lowest BCUT2D eigenvalue weighted by molar-refractivity contribution is 0.0325. The van der Waals surface area contributed by atoms with Gasteiger partial charge in [-0.25, -0.2) is 13.2 Å². The highest BCUT2D eigenvalue weighted by atomic mass is 28.3. The predicted molar refractivity (Wildman–Crippen MR) is 138 cm³/mol. The van der Waals surface area contributed by atoms with Crippen LogP contribution in [0.1, 0.15) is 76.7 Å². The van der Waals surface area contributed by atoms with E-state index in [0.29, 0.717) is 11.5 Å². The molecule has 4 rings (SSSR count). The SMILES string of the molecule is CCCCCC1CCC(C2(F)CC[Si](CCc3ccc(-c4ccc(F)c(F)c4)cc3)CC2)CC1. The molecule has 34 heavy (non-hydrogen) atoms. The Balaban J connectivity index is 1.20. The zero-order chi connectivity index (χ0) is 24.0. The van der Waals surface area contributed by atoms with Gasteiger partial charge >= 0.3 is 0 Å². The van der Waals surface area contributed by atoms with Gasteiger partial charge in [0, 0.05) is 8.80 Å². The van der Waals surface area contributed by atoms with Crippen LogP contribution in [-0.4, -0.2) is 14.5 Å². The summed E-state index contributed by atoms with van der Waals surface area (Å²) in [6, 6.07) is 15.7. The Hall–Kier alpha value is -1.55. The summed E-state index contributed by atoms with van der Waals surface area (Å²) in [7, 11) is -0.482. The zero-order valence-corrected chi connectivity index (χ0v) is 21.7. The molecule has 0 unspecified atom stereocenters. The summed E-state index contributed by atoms with van der Waals surface area (Å²) >= 11 is 0. The Morgan fingerprint density at radius 3 is 2.18 bits per heavy atom. The van der Waals surface area contributed by atoms with Gasteiger partial charge in [-0.2, -0.15) is 0 Å². The Morgan fingerprint density at radius 1 is 0.853 bits per heavy atom. The average Bonchev–Trinajstić information content (AvgIpc) is 2.86. The molecule has 0 bridgehead atoms. The number of rotatable bonds is 9. The Morgan fingerprint density at radius 2 is 1.53 bits per heavy atom. The Kier molecular flexibility index (Phi) is 8.96. The van der Waals surface area contributed by atoms with Gasteiger partial charge in [-0.3, -0.25) is 0 Å². The Labute approximate surface area is 206 Å². The molecule has 2 fully saturated rings. The normalized spacial score (nSPS) is 23.2. The maximum absolute atomic E-state index is 15.9. The van der Waals surface area contributed by atoms with Crippen LogP contribution in [0, 0.1) is 23.5 Å². The smallest absolute Gasteiger partial charge is 0.159 e. The van der Waals surface area contributed by atoms with E-state index in [0.717, 1.165) is 55.7 Å². The maximum atomic E-state index is 15.9. The molecule has 4 heteroatoms. The van der Waals surface area contributed by atoms with Crippen molar-refractivity contribution in [2.45, 2.75) is 101 Å². The third-order valence-corrected chi connectivity index (χ3v) is 11.4. The third kappa shape index (κ3) is 6.56. The average molecular weight is 486 g/mol. The van der Waals surface area contributed by atoms with Crippen LogP contribution < -0.4 is 0 Å². The molecule has 1 saturated heterocycles. The summed E-state index contributed by atoms with van der Waals surface area (Å²) in [5.41, 5.74) is 1.98. The fraction of sp³-hybridized carbons (Fsp3) is 0.600. The monoisotopic (exact) mass is 485 g/mol. The standard InChI is InChI=1S/C30H40F3Si/c1-2-3-4-5-23-8-13-27(14-9-23)30(33)17-20-34(21-18-30)19-16-24-6-10-25(11-7-24)26-12-15-28(31)29(32)22-26/h6-7,10-12,15,22-23,27H,2-5,8-9,13-14,16-21H2,1H3. The fourth-order valence-corrected chi connectivity index (χ4v) is 9.12. The second kappa shape index (κ2) is 11.9. The van der Waals surface area contributed by atoms with E-state index < -0.39 is 26.1 Å². The molecule has 1 heterocycles. The molecule has 0 nitrogen and oxygen atoms in total. The maximum Gasteiger partial charge on any atom is 0.159 e. The van der Waals surface area contributed by atoms with Gasteiger partial charge in [-0.1, -0.05) is 93.9 Å². The Bertz CT molecular complexity index is 894. The van der Waals surface area contributed by atoms with E-state index >= 15 is 4.39 Å². The van der Waals surface area contributed by atoms with Crippen molar-refractivity contribution in [1.82, 2.24) is 0 Å². The van der Waals surface area contributed by atoms with Crippen molar-refractivity contribution >= 4 is 8.80 Å². The first-order valence-electron chi connectivity index (χ1n) is 13.5. The van der Waals surface area contributed by atoms with E-state index in [-0.39, 0.29) is 0 Å². The lowest BCUT2D eigenvalue weighted by Gasteiger charge is -2.42. The number of alkyl halides is 1.